The van der Waals surface area contributed by atoms with Crippen molar-refractivity contribution in [3.8, 4) is 0 Å². The van der Waals surface area contributed by atoms with Gasteiger partial charge in [-0.3, -0.25) is 4.79 Å². The van der Waals surface area contributed by atoms with Crippen LogP contribution in [-0.2, 0) is 4.79 Å². The second-order valence-electron chi connectivity index (χ2n) is 3.43. The van der Waals surface area contributed by atoms with Crippen molar-refractivity contribution in [1.82, 2.24) is 4.90 Å². The molecule has 3 heteroatoms. The first-order valence-electron chi connectivity index (χ1n) is 4.24. The normalized spacial score (nSPS) is 34.3. The van der Waals surface area contributed by atoms with Gasteiger partial charge in [-0.2, -0.15) is 0 Å². The number of aliphatic hydroxyl groups excluding tert-OH is 1. The first-order valence-corrected chi connectivity index (χ1v) is 4.24. The van der Waals surface area contributed by atoms with Gasteiger partial charge in [0.1, 0.15) is 0 Å². The molecular formula is C8H13NO2. The van der Waals surface area contributed by atoms with Crippen molar-refractivity contribution in [3.05, 3.63) is 0 Å². The van der Waals surface area contributed by atoms with Crippen LogP contribution in [0, 0.1) is 5.92 Å². The molecule has 11 heavy (non-hydrogen) atoms. The molecule has 2 aliphatic heterocycles. The van der Waals surface area contributed by atoms with E-state index < -0.39 is 0 Å². The summed E-state index contributed by atoms with van der Waals surface area (Å²) >= 11 is 0. The van der Waals surface area contributed by atoms with Crippen LogP contribution in [0.2, 0.25) is 0 Å². The first kappa shape index (κ1) is 7.10. The van der Waals surface area contributed by atoms with E-state index in [4.69, 9.17) is 5.11 Å². The van der Waals surface area contributed by atoms with Crippen molar-refractivity contribution in [1.29, 1.82) is 0 Å². The van der Waals surface area contributed by atoms with Crippen LogP contribution >= 0.6 is 0 Å². The Morgan fingerprint density at radius 1 is 1.55 bits per heavy atom. The van der Waals surface area contributed by atoms with Gasteiger partial charge in [-0.15, -0.1) is 0 Å². The highest BCUT2D eigenvalue weighted by Gasteiger charge is 2.48. The molecule has 62 valence electrons. The fraction of sp³-hybridized carbons (Fsp3) is 0.875. The van der Waals surface area contributed by atoms with Crippen LogP contribution in [0.5, 0.6) is 0 Å². The number of hydrogen-bond donors (Lipinski definition) is 1. The van der Waals surface area contributed by atoms with Crippen LogP contribution in [0.25, 0.3) is 0 Å². The van der Waals surface area contributed by atoms with Gasteiger partial charge in [-0.05, 0) is 19.3 Å². The Bertz CT molecular complexity index is 175. The van der Waals surface area contributed by atoms with Gasteiger partial charge in [-0.25, -0.2) is 0 Å². The zero-order chi connectivity index (χ0) is 7.84. The Morgan fingerprint density at radius 2 is 2.27 bits per heavy atom. The van der Waals surface area contributed by atoms with E-state index in [1.54, 1.807) is 0 Å². The molecule has 0 unspecified atom stereocenters. The molecule has 0 atom stereocenters. The van der Waals surface area contributed by atoms with Crippen LogP contribution in [0.15, 0.2) is 0 Å². The molecule has 0 aromatic heterocycles. The van der Waals surface area contributed by atoms with E-state index in [0.717, 1.165) is 25.8 Å². The number of aliphatic hydroxyl groups is 1. The smallest absolute Gasteiger partial charge is 0.226 e. The molecule has 1 aliphatic carbocycles. The number of carbonyl (C=O) groups is 1. The Labute approximate surface area is 66.0 Å². The predicted octanol–water partition coefficient (Wildman–Crippen LogP) is -0.0104. The minimum Gasteiger partial charge on any atom is -0.396 e. The molecular weight excluding hydrogens is 142 g/mol. The Hall–Kier alpha value is -0.570. The van der Waals surface area contributed by atoms with Gasteiger partial charge in [0.25, 0.3) is 0 Å². The van der Waals surface area contributed by atoms with E-state index in [9.17, 15) is 4.79 Å². The highest BCUT2D eigenvalue weighted by molar-refractivity contribution is 5.84. The molecule has 2 bridgehead atoms. The topological polar surface area (TPSA) is 40.5 Å². The lowest BCUT2D eigenvalue weighted by molar-refractivity contribution is -0.128. The van der Waals surface area contributed by atoms with Crippen molar-refractivity contribution in [3.63, 3.8) is 0 Å². The van der Waals surface area contributed by atoms with Crippen LogP contribution in [0.1, 0.15) is 19.3 Å². The third-order valence-corrected chi connectivity index (χ3v) is 2.74. The highest BCUT2D eigenvalue weighted by atomic mass is 16.3. The number of hydrogen-bond acceptors (Lipinski definition) is 2. The largest absolute Gasteiger partial charge is 0.396 e. The second kappa shape index (κ2) is 2.48. The van der Waals surface area contributed by atoms with Gasteiger partial charge in [0.15, 0.2) is 0 Å². The van der Waals surface area contributed by atoms with Gasteiger partial charge in [0, 0.05) is 25.1 Å². The van der Waals surface area contributed by atoms with E-state index in [1.807, 2.05) is 4.90 Å². The third kappa shape index (κ3) is 0.948. The summed E-state index contributed by atoms with van der Waals surface area (Å²) in [7, 11) is 0. The summed E-state index contributed by atoms with van der Waals surface area (Å²) in [5, 5.41) is 8.57. The Kier molecular flexibility index (Phi) is 1.60. The molecule has 1 saturated carbocycles. The summed E-state index contributed by atoms with van der Waals surface area (Å²) in [4.78, 5) is 13.2. The molecule has 1 N–H and O–H groups in total. The van der Waals surface area contributed by atoms with Crippen molar-refractivity contribution in [2.45, 2.75) is 25.3 Å². The summed E-state index contributed by atoms with van der Waals surface area (Å²) in [6.45, 7) is 0.956. The van der Waals surface area contributed by atoms with Crippen LogP contribution < -0.4 is 0 Å². The molecule has 3 fully saturated rings. The molecule has 0 radical (unpaired) electrons. The van der Waals surface area contributed by atoms with Crippen molar-refractivity contribution < 1.29 is 9.90 Å². The standard InChI is InChI=1S/C8H13NO2/c10-3-1-2-9-7-4-6(5-7)8(9)11/h6-7,10H,1-5H2. The van der Waals surface area contributed by atoms with E-state index >= 15 is 0 Å². The third-order valence-electron chi connectivity index (χ3n) is 2.74. The van der Waals surface area contributed by atoms with E-state index in [-0.39, 0.29) is 6.61 Å². The fourth-order valence-corrected chi connectivity index (χ4v) is 1.99. The minimum absolute atomic E-state index is 0.196. The highest BCUT2D eigenvalue weighted by Crippen LogP contribution is 2.41. The fourth-order valence-electron chi connectivity index (χ4n) is 1.99. The number of nitrogens with zero attached hydrogens (tertiary/aromatic N) is 1. The molecule has 3 aliphatic rings. The molecule has 2 heterocycles. The number of rotatable bonds is 3. The zero-order valence-electron chi connectivity index (χ0n) is 6.49. The molecule has 3 rings (SSSR count). The van der Waals surface area contributed by atoms with E-state index in [1.165, 1.54) is 0 Å². The predicted molar refractivity (Wildman–Crippen MR) is 39.9 cm³/mol. The van der Waals surface area contributed by atoms with E-state index in [2.05, 4.69) is 0 Å². The molecule has 0 aromatic carbocycles. The molecule has 3 nitrogen and oxygen atoms in total. The van der Waals surface area contributed by atoms with Crippen molar-refractivity contribution >= 4 is 5.91 Å². The lowest BCUT2D eigenvalue weighted by atomic mass is 9.86. The van der Waals surface area contributed by atoms with Gasteiger partial charge < -0.3 is 10.0 Å². The summed E-state index contributed by atoms with van der Waals surface area (Å²) < 4.78 is 0. The van der Waals surface area contributed by atoms with E-state index in [0.29, 0.717) is 17.9 Å². The van der Waals surface area contributed by atoms with Crippen molar-refractivity contribution in [2.75, 3.05) is 13.2 Å². The van der Waals surface area contributed by atoms with Crippen LogP contribution in [0.3, 0.4) is 0 Å². The minimum atomic E-state index is 0.196. The summed E-state index contributed by atoms with van der Waals surface area (Å²) in [5.74, 6) is 0.669. The summed E-state index contributed by atoms with van der Waals surface area (Å²) in [6, 6.07) is 0.527. The number of fused-ring (bicyclic) bond motifs is 1. The van der Waals surface area contributed by atoms with Crippen LogP contribution in [-0.4, -0.2) is 35.1 Å². The van der Waals surface area contributed by atoms with Gasteiger partial charge in [0.2, 0.25) is 5.91 Å². The molecule has 1 amide bonds. The Morgan fingerprint density at radius 3 is 2.73 bits per heavy atom. The second-order valence-corrected chi connectivity index (χ2v) is 3.43. The quantitative estimate of drug-likeness (QED) is 0.622. The maximum absolute atomic E-state index is 11.3. The summed E-state index contributed by atoms with van der Waals surface area (Å²) in [6.07, 6.45) is 2.88. The monoisotopic (exact) mass is 155 g/mol. The molecule has 0 spiro atoms. The number of amides is 1. The van der Waals surface area contributed by atoms with Gasteiger partial charge >= 0.3 is 0 Å². The molecule has 0 aromatic rings. The first-order chi connectivity index (χ1) is 5.33. The van der Waals surface area contributed by atoms with Gasteiger partial charge in [-0.1, -0.05) is 0 Å². The average Bonchev–Trinajstić information content (AvgIpc) is 2.34. The van der Waals surface area contributed by atoms with Crippen molar-refractivity contribution in [2.24, 2.45) is 5.92 Å². The Balaban J connectivity index is 1.89. The SMILES string of the molecule is O=C1C2CC(C2)N1CCCO. The zero-order valence-corrected chi connectivity index (χ0v) is 6.49. The maximum atomic E-state index is 11.3. The lowest BCUT2D eigenvalue weighted by Gasteiger charge is -2.24. The number of carbonyl (C=O) groups excluding carboxylic acids is 1. The molecule has 2 saturated heterocycles. The lowest BCUT2D eigenvalue weighted by Crippen LogP contribution is -2.31. The van der Waals surface area contributed by atoms with Gasteiger partial charge in [0.05, 0.1) is 0 Å². The average molecular weight is 155 g/mol. The maximum Gasteiger partial charge on any atom is 0.226 e. The van der Waals surface area contributed by atoms with Crippen LogP contribution in [0.4, 0.5) is 0 Å². The summed E-state index contributed by atoms with van der Waals surface area (Å²) in [5.41, 5.74) is 0.